The average molecular weight is 574 g/mol. The number of rotatable bonds is 12. The number of sulfonamides is 1. The van der Waals surface area contributed by atoms with Gasteiger partial charge in [0, 0.05) is 18.1 Å². The average Bonchev–Trinajstić information content (AvgIpc) is 2.91. The SMILES string of the molecule is CCCNC(=O)C(CC)N(Cc1ccc(F)cc1)C(=O)CN(c1cccc(C)c1)S(=O)(=O)c1ccc(Cl)cc1. The molecule has 0 aliphatic heterocycles. The molecule has 1 N–H and O–H groups in total. The fraction of sp³-hybridized carbons (Fsp3) is 0.310. The highest BCUT2D eigenvalue weighted by Crippen LogP contribution is 2.26. The second kappa shape index (κ2) is 13.6. The quantitative estimate of drug-likeness (QED) is 0.318. The number of benzene rings is 3. The van der Waals surface area contributed by atoms with Crippen molar-refractivity contribution in [3.8, 4) is 0 Å². The van der Waals surface area contributed by atoms with Gasteiger partial charge in [-0.05, 0) is 79.4 Å². The smallest absolute Gasteiger partial charge is 0.264 e. The molecule has 3 aromatic rings. The summed E-state index contributed by atoms with van der Waals surface area (Å²) in [5, 5.41) is 3.21. The number of carbonyl (C=O) groups excluding carboxylic acids is 2. The highest BCUT2D eigenvalue weighted by Gasteiger charge is 2.33. The van der Waals surface area contributed by atoms with E-state index in [4.69, 9.17) is 11.6 Å². The van der Waals surface area contributed by atoms with Gasteiger partial charge in [-0.1, -0.05) is 49.7 Å². The number of hydrogen-bond donors (Lipinski definition) is 1. The van der Waals surface area contributed by atoms with Crippen molar-refractivity contribution in [3.05, 3.63) is 94.8 Å². The Morgan fingerprint density at radius 1 is 1.00 bits per heavy atom. The maximum absolute atomic E-state index is 13.9. The van der Waals surface area contributed by atoms with Crippen LogP contribution >= 0.6 is 11.6 Å². The normalized spacial score (nSPS) is 12.0. The molecule has 2 amide bonds. The number of aryl methyl sites for hydroxylation is 1. The first-order valence-electron chi connectivity index (χ1n) is 12.7. The zero-order chi connectivity index (χ0) is 28.6. The summed E-state index contributed by atoms with van der Waals surface area (Å²) in [6.07, 6.45) is 1.02. The molecule has 0 saturated heterocycles. The van der Waals surface area contributed by atoms with Crippen molar-refractivity contribution in [2.45, 2.75) is 51.1 Å². The Morgan fingerprint density at radius 3 is 2.26 bits per heavy atom. The molecular formula is C29H33ClFN3O4S. The third-order valence-electron chi connectivity index (χ3n) is 6.17. The summed E-state index contributed by atoms with van der Waals surface area (Å²) in [6.45, 7) is 5.42. The van der Waals surface area contributed by atoms with Crippen LogP contribution in [0.1, 0.15) is 37.8 Å². The lowest BCUT2D eigenvalue weighted by atomic mass is 10.1. The molecule has 0 aliphatic carbocycles. The molecule has 7 nitrogen and oxygen atoms in total. The summed E-state index contributed by atoms with van der Waals surface area (Å²) in [5.74, 6) is -1.33. The molecule has 0 aliphatic rings. The van der Waals surface area contributed by atoms with E-state index in [9.17, 15) is 22.4 Å². The van der Waals surface area contributed by atoms with Crippen LogP contribution in [0.5, 0.6) is 0 Å². The van der Waals surface area contributed by atoms with E-state index in [1.165, 1.54) is 53.4 Å². The molecule has 1 unspecified atom stereocenters. The van der Waals surface area contributed by atoms with Crippen molar-refractivity contribution in [1.82, 2.24) is 10.2 Å². The molecule has 1 atom stereocenters. The Labute approximate surface area is 234 Å². The van der Waals surface area contributed by atoms with Gasteiger partial charge in [0.2, 0.25) is 11.8 Å². The molecule has 0 bridgehead atoms. The molecule has 0 spiro atoms. The first kappa shape index (κ1) is 30.1. The van der Waals surface area contributed by atoms with Gasteiger partial charge in [-0.25, -0.2) is 12.8 Å². The van der Waals surface area contributed by atoms with Gasteiger partial charge in [0.1, 0.15) is 18.4 Å². The van der Waals surface area contributed by atoms with E-state index in [0.29, 0.717) is 35.7 Å². The van der Waals surface area contributed by atoms with Crippen LogP contribution in [0, 0.1) is 12.7 Å². The van der Waals surface area contributed by atoms with Crippen molar-refractivity contribution in [1.29, 1.82) is 0 Å². The molecular weight excluding hydrogens is 541 g/mol. The zero-order valence-electron chi connectivity index (χ0n) is 22.2. The molecule has 0 heterocycles. The minimum atomic E-state index is -4.18. The van der Waals surface area contributed by atoms with Crippen molar-refractivity contribution in [2.24, 2.45) is 0 Å². The number of hydrogen-bond acceptors (Lipinski definition) is 4. The topological polar surface area (TPSA) is 86.8 Å². The number of anilines is 1. The van der Waals surface area contributed by atoms with Gasteiger partial charge in [-0.2, -0.15) is 0 Å². The Balaban J connectivity index is 2.04. The van der Waals surface area contributed by atoms with Crippen LogP contribution in [0.15, 0.2) is 77.7 Å². The second-order valence-corrected chi connectivity index (χ2v) is 11.5. The standard InChI is InChI=1S/C29H33ClFN3O4S/c1-4-17-32-29(36)27(5-2)33(19-22-9-13-24(31)14-10-22)28(35)20-34(25-8-6-7-21(3)18-25)39(37,38)26-15-11-23(30)12-16-26/h6-16,18,27H,4-5,17,19-20H2,1-3H3,(H,32,36). The van der Waals surface area contributed by atoms with Gasteiger partial charge in [-0.15, -0.1) is 0 Å². The summed E-state index contributed by atoms with van der Waals surface area (Å²) >= 11 is 5.98. The first-order valence-corrected chi connectivity index (χ1v) is 14.5. The molecule has 0 saturated carbocycles. The lowest BCUT2D eigenvalue weighted by Gasteiger charge is -2.33. The van der Waals surface area contributed by atoms with Gasteiger partial charge >= 0.3 is 0 Å². The Hall–Kier alpha value is -3.43. The van der Waals surface area contributed by atoms with Crippen LogP contribution in [0.2, 0.25) is 5.02 Å². The predicted octanol–water partition coefficient (Wildman–Crippen LogP) is 5.32. The van der Waals surface area contributed by atoms with Gasteiger partial charge in [0.05, 0.1) is 10.6 Å². The van der Waals surface area contributed by atoms with Crippen LogP contribution < -0.4 is 9.62 Å². The lowest BCUT2D eigenvalue weighted by molar-refractivity contribution is -0.140. The summed E-state index contributed by atoms with van der Waals surface area (Å²) in [4.78, 5) is 28.3. The monoisotopic (exact) mass is 573 g/mol. The van der Waals surface area contributed by atoms with Gasteiger partial charge in [0.15, 0.2) is 0 Å². The molecule has 39 heavy (non-hydrogen) atoms. The number of amides is 2. The van der Waals surface area contributed by atoms with Gasteiger partial charge < -0.3 is 10.2 Å². The molecule has 0 radical (unpaired) electrons. The summed E-state index contributed by atoms with van der Waals surface area (Å²) < 4.78 is 42.2. The van der Waals surface area contributed by atoms with Crippen LogP contribution in [-0.4, -0.2) is 44.3 Å². The van der Waals surface area contributed by atoms with Crippen molar-refractivity contribution < 1.29 is 22.4 Å². The minimum absolute atomic E-state index is 0.000184. The van der Waals surface area contributed by atoms with E-state index in [2.05, 4.69) is 5.32 Å². The van der Waals surface area contributed by atoms with E-state index in [-0.39, 0.29) is 17.3 Å². The first-order chi connectivity index (χ1) is 18.6. The Morgan fingerprint density at radius 2 is 1.67 bits per heavy atom. The highest BCUT2D eigenvalue weighted by molar-refractivity contribution is 7.92. The number of carbonyl (C=O) groups is 2. The van der Waals surface area contributed by atoms with Crippen LogP contribution in [0.4, 0.5) is 10.1 Å². The van der Waals surface area contributed by atoms with Crippen LogP contribution in [-0.2, 0) is 26.2 Å². The molecule has 10 heteroatoms. The number of nitrogens with zero attached hydrogens (tertiary/aromatic N) is 2. The highest BCUT2D eigenvalue weighted by atomic mass is 35.5. The van der Waals surface area contributed by atoms with Gasteiger partial charge in [-0.3, -0.25) is 13.9 Å². The summed E-state index contributed by atoms with van der Waals surface area (Å²) in [6, 6.07) is 17.3. The maximum atomic E-state index is 13.9. The van der Waals surface area contributed by atoms with E-state index in [1.54, 1.807) is 25.1 Å². The Bertz CT molecular complexity index is 1380. The fourth-order valence-electron chi connectivity index (χ4n) is 4.12. The van der Waals surface area contributed by atoms with Crippen molar-refractivity contribution in [3.63, 3.8) is 0 Å². The maximum Gasteiger partial charge on any atom is 0.264 e. The van der Waals surface area contributed by atoms with E-state index in [0.717, 1.165) is 9.87 Å². The largest absolute Gasteiger partial charge is 0.354 e. The number of nitrogens with one attached hydrogen (secondary N) is 1. The van der Waals surface area contributed by atoms with Crippen molar-refractivity contribution in [2.75, 3.05) is 17.4 Å². The summed E-state index contributed by atoms with van der Waals surface area (Å²) in [5.41, 5.74) is 1.72. The van der Waals surface area contributed by atoms with Crippen molar-refractivity contribution >= 4 is 39.1 Å². The minimum Gasteiger partial charge on any atom is -0.354 e. The Kier molecular flexibility index (Phi) is 10.5. The van der Waals surface area contributed by atoms with E-state index < -0.39 is 34.3 Å². The second-order valence-electron chi connectivity index (χ2n) is 9.17. The molecule has 208 valence electrons. The van der Waals surface area contributed by atoms with Gasteiger partial charge in [0.25, 0.3) is 10.0 Å². The summed E-state index contributed by atoms with van der Waals surface area (Å²) in [7, 11) is -4.18. The molecule has 3 rings (SSSR count). The van der Waals surface area contributed by atoms with Crippen LogP contribution in [0.3, 0.4) is 0 Å². The third-order valence-corrected chi connectivity index (χ3v) is 8.21. The third kappa shape index (κ3) is 7.80. The molecule has 3 aromatic carbocycles. The van der Waals surface area contributed by atoms with E-state index in [1.807, 2.05) is 19.9 Å². The fourth-order valence-corrected chi connectivity index (χ4v) is 5.65. The predicted molar refractivity (Wildman–Crippen MR) is 151 cm³/mol. The van der Waals surface area contributed by atoms with E-state index >= 15 is 0 Å². The zero-order valence-corrected chi connectivity index (χ0v) is 23.8. The number of halogens is 2. The molecule has 0 fully saturated rings. The lowest BCUT2D eigenvalue weighted by Crippen LogP contribution is -2.52. The molecule has 0 aromatic heterocycles. The van der Waals surface area contributed by atoms with Crippen LogP contribution in [0.25, 0.3) is 0 Å².